The maximum Gasteiger partial charge on any atom is 0.0207 e. The molecule has 0 heterocycles. The molecule has 0 aliphatic carbocycles. The first-order valence-electron chi connectivity index (χ1n) is 4.89. The van der Waals surface area contributed by atoms with Crippen molar-refractivity contribution in [2.75, 3.05) is 7.05 Å². The molecular weight excluding hydrogens is 238 g/mol. The van der Waals surface area contributed by atoms with Crippen LogP contribution in [0.3, 0.4) is 0 Å². The zero-order chi connectivity index (χ0) is 10.8. The van der Waals surface area contributed by atoms with Crippen LogP contribution < -0.4 is 5.32 Å². The van der Waals surface area contributed by atoms with Crippen molar-refractivity contribution in [3.8, 4) is 0 Å². The van der Waals surface area contributed by atoms with E-state index >= 15 is 0 Å². The van der Waals surface area contributed by atoms with E-state index in [9.17, 15) is 0 Å². The van der Waals surface area contributed by atoms with Crippen molar-refractivity contribution in [3.05, 3.63) is 33.8 Å². The minimum Gasteiger partial charge on any atom is -0.314 e. The van der Waals surface area contributed by atoms with E-state index in [2.05, 4.69) is 60.2 Å². The highest BCUT2D eigenvalue weighted by atomic mass is 79.9. The first kappa shape index (κ1) is 11.7. The maximum atomic E-state index is 3.56. The smallest absolute Gasteiger partial charge is 0.0207 e. The van der Waals surface area contributed by atoms with Crippen LogP contribution in [0.2, 0.25) is 0 Å². The standard InChI is InChI=1S/C12H18BrN/c1-9-10(6-5-7-11(9)13)8-12(2,3)14-4/h5-7,14H,8H2,1-4H3. The van der Waals surface area contributed by atoms with Crippen molar-refractivity contribution >= 4 is 15.9 Å². The van der Waals surface area contributed by atoms with Gasteiger partial charge in [0, 0.05) is 10.0 Å². The summed E-state index contributed by atoms with van der Waals surface area (Å²) in [4.78, 5) is 0. The number of hydrogen-bond donors (Lipinski definition) is 1. The van der Waals surface area contributed by atoms with E-state index in [1.165, 1.54) is 15.6 Å². The second-order valence-corrected chi connectivity index (χ2v) is 5.19. The predicted octanol–water partition coefficient (Wildman–Crippen LogP) is 3.30. The van der Waals surface area contributed by atoms with Crippen LogP contribution >= 0.6 is 15.9 Å². The predicted molar refractivity (Wildman–Crippen MR) is 65.7 cm³/mol. The van der Waals surface area contributed by atoms with E-state index in [4.69, 9.17) is 0 Å². The first-order chi connectivity index (χ1) is 6.46. The normalized spacial score (nSPS) is 11.8. The van der Waals surface area contributed by atoms with Crippen molar-refractivity contribution < 1.29 is 0 Å². The summed E-state index contributed by atoms with van der Waals surface area (Å²) in [5.41, 5.74) is 2.90. The van der Waals surface area contributed by atoms with E-state index in [-0.39, 0.29) is 5.54 Å². The second-order valence-electron chi connectivity index (χ2n) is 4.33. The number of hydrogen-bond acceptors (Lipinski definition) is 1. The molecule has 1 N–H and O–H groups in total. The Labute approximate surface area is 95.0 Å². The summed E-state index contributed by atoms with van der Waals surface area (Å²) in [5, 5.41) is 3.32. The SMILES string of the molecule is CNC(C)(C)Cc1cccc(Br)c1C. The number of benzene rings is 1. The van der Waals surface area contributed by atoms with Crippen LogP contribution in [-0.2, 0) is 6.42 Å². The average Bonchev–Trinajstić information content (AvgIpc) is 2.13. The van der Waals surface area contributed by atoms with Gasteiger partial charge in [-0.25, -0.2) is 0 Å². The van der Waals surface area contributed by atoms with E-state index in [1.54, 1.807) is 0 Å². The summed E-state index contributed by atoms with van der Waals surface area (Å²) in [6.45, 7) is 6.59. The van der Waals surface area contributed by atoms with Crippen LogP contribution in [0.25, 0.3) is 0 Å². The van der Waals surface area contributed by atoms with Gasteiger partial charge in [-0.05, 0) is 51.4 Å². The minimum absolute atomic E-state index is 0.158. The lowest BCUT2D eigenvalue weighted by molar-refractivity contribution is 0.421. The van der Waals surface area contributed by atoms with Gasteiger partial charge in [0.1, 0.15) is 0 Å². The van der Waals surface area contributed by atoms with Gasteiger partial charge in [-0.1, -0.05) is 28.1 Å². The molecule has 0 spiro atoms. The molecule has 0 aliphatic rings. The summed E-state index contributed by atoms with van der Waals surface area (Å²) in [7, 11) is 2.01. The molecule has 0 atom stereocenters. The van der Waals surface area contributed by atoms with Crippen molar-refractivity contribution in [2.24, 2.45) is 0 Å². The number of halogens is 1. The van der Waals surface area contributed by atoms with Crippen molar-refractivity contribution in [2.45, 2.75) is 32.7 Å². The molecule has 1 rings (SSSR count). The molecular formula is C12H18BrN. The van der Waals surface area contributed by atoms with E-state index in [1.807, 2.05) is 7.05 Å². The average molecular weight is 256 g/mol. The summed E-state index contributed by atoms with van der Waals surface area (Å²) in [6.07, 6.45) is 1.05. The molecule has 2 heteroatoms. The van der Waals surface area contributed by atoms with E-state index in [0.717, 1.165) is 6.42 Å². The third kappa shape index (κ3) is 2.82. The molecule has 0 unspecified atom stereocenters. The molecule has 14 heavy (non-hydrogen) atoms. The van der Waals surface area contributed by atoms with Crippen LogP contribution in [0.5, 0.6) is 0 Å². The van der Waals surface area contributed by atoms with Crippen LogP contribution in [-0.4, -0.2) is 12.6 Å². The Morgan fingerprint density at radius 3 is 2.57 bits per heavy atom. The quantitative estimate of drug-likeness (QED) is 0.875. The molecule has 0 aromatic heterocycles. The van der Waals surface area contributed by atoms with E-state index < -0.39 is 0 Å². The third-order valence-corrected chi connectivity index (χ3v) is 3.55. The zero-order valence-electron chi connectivity index (χ0n) is 9.32. The summed E-state index contributed by atoms with van der Waals surface area (Å²) >= 11 is 3.56. The number of nitrogens with one attached hydrogen (secondary N) is 1. The van der Waals surface area contributed by atoms with E-state index in [0.29, 0.717) is 0 Å². The Bertz CT molecular complexity index is 318. The van der Waals surface area contributed by atoms with Gasteiger partial charge in [-0.15, -0.1) is 0 Å². The van der Waals surface area contributed by atoms with Gasteiger partial charge in [0.15, 0.2) is 0 Å². The largest absolute Gasteiger partial charge is 0.314 e. The third-order valence-electron chi connectivity index (χ3n) is 2.69. The van der Waals surface area contributed by atoms with Gasteiger partial charge >= 0.3 is 0 Å². The topological polar surface area (TPSA) is 12.0 Å². The number of likely N-dealkylation sites (N-methyl/N-ethyl adjacent to an activating group) is 1. The monoisotopic (exact) mass is 255 g/mol. The Morgan fingerprint density at radius 2 is 2.00 bits per heavy atom. The van der Waals surface area contributed by atoms with Crippen molar-refractivity contribution in [3.63, 3.8) is 0 Å². The summed E-state index contributed by atoms with van der Waals surface area (Å²) in [6, 6.07) is 6.38. The van der Waals surface area contributed by atoms with Gasteiger partial charge in [-0.2, -0.15) is 0 Å². The lowest BCUT2D eigenvalue weighted by Crippen LogP contribution is -2.38. The molecule has 0 radical (unpaired) electrons. The lowest BCUT2D eigenvalue weighted by Gasteiger charge is -2.25. The highest BCUT2D eigenvalue weighted by molar-refractivity contribution is 9.10. The number of rotatable bonds is 3. The molecule has 0 fully saturated rings. The summed E-state index contributed by atoms with van der Waals surface area (Å²) in [5.74, 6) is 0. The van der Waals surface area contributed by atoms with Crippen LogP contribution in [0.15, 0.2) is 22.7 Å². The molecule has 0 bridgehead atoms. The molecule has 0 saturated heterocycles. The fourth-order valence-electron chi connectivity index (χ4n) is 1.41. The fraction of sp³-hybridized carbons (Fsp3) is 0.500. The van der Waals surface area contributed by atoms with Gasteiger partial charge in [-0.3, -0.25) is 0 Å². The van der Waals surface area contributed by atoms with Gasteiger partial charge < -0.3 is 5.32 Å². The lowest BCUT2D eigenvalue weighted by atomic mass is 9.93. The van der Waals surface area contributed by atoms with Gasteiger partial charge in [0.25, 0.3) is 0 Å². The molecule has 0 aliphatic heterocycles. The van der Waals surface area contributed by atoms with Gasteiger partial charge in [0.05, 0.1) is 0 Å². The second kappa shape index (κ2) is 4.45. The molecule has 0 amide bonds. The van der Waals surface area contributed by atoms with Crippen LogP contribution in [0.4, 0.5) is 0 Å². The Kier molecular flexibility index (Phi) is 3.73. The molecule has 1 aromatic rings. The Morgan fingerprint density at radius 1 is 1.36 bits per heavy atom. The molecule has 78 valence electrons. The van der Waals surface area contributed by atoms with Crippen LogP contribution in [0, 0.1) is 6.92 Å². The first-order valence-corrected chi connectivity index (χ1v) is 5.68. The van der Waals surface area contributed by atoms with Gasteiger partial charge in [0.2, 0.25) is 0 Å². The van der Waals surface area contributed by atoms with Crippen molar-refractivity contribution in [1.82, 2.24) is 5.32 Å². The summed E-state index contributed by atoms with van der Waals surface area (Å²) < 4.78 is 1.20. The van der Waals surface area contributed by atoms with Crippen LogP contribution in [0.1, 0.15) is 25.0 Å². The molecule has 1 nitrogen and oxygen atoms in total. The molecule has 0 saturated carbocycles. The fourth-order valence-corrected chi connectivity index (χ4v) is 1.82. The highest BCUT2D eigenvalue weighted by Gasteiger charge is 2.16. The van der Waals surface area contributed by atoms with Crippen molar-refractivity contribution in [1.29, 1.82) is 0 Å². The zero-order valence-corrected chi connectivity index (χ0v) is 10.9. The Hall–Kier alpha value is -0.340. The minimum atomic E-state index is 0.158. The maximum absolute atomic E-state index is 3.56. The Balaban J connectivity index is 2.92. The highest BCUT2D eigenvalue weighted by Crippen LogP contribution is 2.22. The molecule has 1 aromatic carbocycles.